The van der Waals surface area contributed by atoms with E-state index in [-0.39, 0.29) is 6.04 Å². The standard InChI is InChI=1S/C14H17Cl2N3/c1-9-11(8-19(3)18-9)13(17-2)7-10-5-4-6-12(15)14(10)16/h4-6,8,13,17H,7H2,1-3H3. The number of halogens is 2. The molecule has 1 unspecified atom stereocenters. The van der Waals surface area contributed by atoms with Gasteiger partial charge in [-0.25, -0.2) is 0 Å². The maximum absolute atomic E-state index is 6.25. The van der Waals surface area contributed by atoms with E-state index in [9.17, 15) is 0 Å². The molecule has 0 saturated carbocycles. The smallest absolute Gasteiger partial charge is 0.0641 e. The average Bonchev–Trinajstić information content (AvgIpc) is 2.70. The highest BCUT2D eigenvalue weighted by Gasteiger charge is 2.17. The van der Waals surface area contributed by atoms with Crippen LogP contribution in [0, 0.1) is 6.92 Å². The fourth-order valence-electron chi connectivity index (χ4n) is 2.25. The van der Waals surface area contributed by atoms with Crippen LogP contribution in [0.25, 0.3) is 0 Å². The summed E-state index contributed by atoms with van der Waals surface area (Å²) >= 11 is 12.3. The summed E-state index contributed by atoms with van der Waals surface area (Å²) in [7, 11) is 3.87. The minimum Gasteiger partial charge on any atom is -0.313 e. The van der Waals surface area contributed by atoms with Crippen LogP contribution in [0.2, 0.25) is 10.0 Å². The lowest BCUT2D eigenvalue weighted by atomic mass is 9.99. The summed E-state index contributed by atoms with van der Waals surface area (Å²) < 4.78 is 1.83. The van der Waals surface area contributed by atoms with Gasteiger partial charge in [-0.2, -0.15) is 5.10 Å². The second-order valence-electron chi connectivity index (χ2n) is 4.60. The molecule has 1 heterocycles. The largest absolute Gasteiger partial charge is 0.313 e. The van der Waals surface area contributed by atoms with Crippen molar-refractivity contribution in [1.82, 2.24) is 15.1 Å². The van der Waals surface area contributed by atoms with Crippen molar-refractivity contribution in [3.8, 4) is 0 Å². The first kappa shape index (κ1) is 14.4. The molecule has 3 nitrogen and oxygen atoms in total. The van der Waals surface area contributed by atoms with Gasteiger partial charge in [0, 0.05) is 24.8 Å². The van der Waals surface area contributed by atoms with Gasteiger partial charge >= 0.3 is 0 Å². The number of nitrogens with one attached hydrogen (secondary N) is 1. The van der Waals surface area contributed by atoms with Crippen LogP contribution in [-0.2, 0) is 13.5 Å². The van der Waals surface area contributed by atoms with Gasteiger partial charge in [-0.15, -0.1) is 0 Å². The Morgan fingerprint density at radius 3 is 2.68 bits per heavy atom. The predicted octanol–water partition coefficient (Wildman–Crippen LogP) is 3.54. The lowest BCUT2D eigenvalue weighted by Gasteiger charge is -2.17. The molecule has 0 aliphatic carbocycles. The van der Waals surface area contributed by atoms with Crippen LogP contribution < -0.4 is 5.32 Å². The van der Waals surface area contributed by atoms with Crippen LogP contribution in [-0.4, -0.2) is 16.8 Å². The number of aryl methyl sites for hydroxylation is 2. The quantitative estimate of drug-likeness (QED) is 0.935. The summed E-state index contributed by atoms with van der Waals surface area (Å²) in [6.45, 7) is 2.01. The fraction of sp³-hybridized carbons (Fsp3) is 0.357. The van der Waals surface area contributed by atoms with Crippen molar-refractivity contribution in [1.29, 1.82) is 0 Å². The molecular weight excluding hydrogens is 281 g/mol. The Labute approximate surface area is 123 Å². The summed E-state index contributed by atoms with van der Waals surface area (Å²) in [5.74, 6) is 0. The number of hydrogen-bond acceptors (Lipinski definition) is 2. The number of benzene rings is 1. The van der Waals surface area contributed by atoms with Crippen LogP contribution in [0.5, 0.6) is 0 Å². The first-order valence-corrected chi connectivity index (χ1v) is 6.88. The van der Waals surface area contributed by atoms with Crippen LogP contribution in [0.1, 0.15) is 22.9 Å². The van der Waals surface area contributed by atoms with Gasteiger partial charge in [-0.1, -0.05) is 35.3 Å². The van der Waals surface area contributed by atoms with Crippen LogP contribution in [0.4, 0.5) is 0 Å². The van der Waals surface area contributed by atoms with Crippen molar-refractivity contribution < 1.29 is 0 Å². The second kappa shape index (κ2) is 5.95. The summed E-state index contributed by atoms with van der Waals surface area (Å²) in [4.78, 5) is 0. The number of rotatable bonds is 4. The Morgan fingerprint density at radius 2 is 2.11 bits per heavy atom. The molecule has 0 amide bonds. The first-order valence-electron chi connectivity index (χ1n) is 6.13. The van der Waals surface area contributed by atoms with Gasteiger partial charge in [0.25, 0.3) is 0 Å². The van der Waals surface area contributed by atoms with Crippen molar-refractivity contribution in [2.45, 2.75) is 19.4 Å². The van der Waals surface area contributed by atoms with Gasteiger partial charge in [-0.3, -0.25) is 4.68 Å². The molecule has 102 valence electrons. The minimum absolute atomic E-state index is 0.171. The Hall–Kier alpha value is -1.03. The predicted molar refractivity (Wildman–Crippen MR) is 79.9 cm³/mol. The zero-order valence-corrected chi connectivity index (χ0v) is 12.8. The monoisotopic (exact) mass is 297 g/mol. The third-order valence-electron chi connectivity index (χ3n) is 3.23. The van der Waals surface area contributed by atoms with Gasteiger partial charge in [0.1, 0.15) is 0 Å². The zero-order valence-electron chi connectivity index (χ0n) is 11.2. The Balaban J connectivity index is 2.29. The van der Waals surface area contributed by atoms with E-state index in [0.717, 1.165) is 17.7 Å². The zero-order chi connectivity index (χ0) is 14.0. The molecule has 1 N–H and O–H groups in total. The lowest BCUT2D eigenvalue weighted by molar-refractivity contribution is 0.588. The van der Waals surface area contributed by atoms with Crippen molar-refractivity contribution >= 4 is 23.2 Å². The number of nitrogens with zero attached hydrogens (tertiary/aromatic N) is 2. The minimum atomic E-state index is 0.171. The third kappa shape index (κ3) is 3.11. The molecule has 0 bridgehead atoms. The molecule has 0 spiro atoms. The number of likely N-dealkylation sites (N-methyl/N-ethyl adjacent to an activating group) is 1. The third-order valence-corrected chi connectivity index (χ3v) is 4.09. The molecule has 1 aromatic heterocycles. The van der Waals surface area contributed by atoms with Crippen LogP contribution in [0.3, 0.4) is 0 Å². The van der Waals surface area contributed by atoms with E-state index in [1.54, 1.807) is 6.07 Å². The van der Waals surface area contributed by atoms with E-state index < -0.39 is 0 Å². The van der Waals surface area contributed by atoms with Gasteiger partial charge in [0.05, 0.1) is 15.7 Å². The molecule has 1 atom stereocenters. The first-order chi connectivity index (χ1) is 9.02. The van der Waals surface area contributed by atoms with E-state index >= 15 is 0 Å². The molecule has 0 radical (unpaired) electrons. The normalized spacial score (nSPS) is 12.7. The number of hydrogen-bond donors (Lipinski definition) is 1. The van der Waals surface area contributed by atoms with Crippen molar-refractivity contribution in [3.63, 3.8) is 0 Å². The second-order valence-corrected chi connectivity index (χ2v) is 5.39. The van der Waals surface area contributed by atoms with E-state index in [1.165, 1.54) is 5.56 Å². The summed E-state index contributed by atoms with van der Waals surface area (Å²) in [6, 6.07) is 5.90. The summed E-state index contributed by atoms with van der Waals surface area (Å²) in [6.07, 6.45) is 2.82. The van der Waals surface area contributed by atoms with Gasteiger partial charge in [0.15, 0.2) is 0 Å². The highest BCUT2D eigenvalue weighted by atomic mass is 35.5. The molecule has 0 aliphatic rings. The van der Waals surface area contributed by atoms with Crippen LogP contribution in [0.15, 0.2) is 24.4 Å². The average molecular weight is 298 g/mol. The van der Waals surface area contributed by atoms with Gasteiger partial charge in [-0.05, 0) is 32.0 Å². The maximum atomic E-state index is 6.25. The Kier molecular flexibility index (Phi) is 4.50. The van der Waals surface area contributed by atoms with Crippen molar-refractivity contribution in [3.05, 3.63) is 51.3 Å². The maximum Gasteiger partial charge on any atom is 0.0641 e. The van der Waals surface area contributed by atoms with Crippen molar-refractivity contribution in [2.75, 3.05) is 7.05 Å². The number of aromatic nitrogens is 2. The molecule has 0 aliphatic heterocycles. The van der Waals surface area contributed by atoms with Gasteiger partial charge < -0.3 is 5.32 Å². The molecule has 0 saturated heterocycles. The fourth-order valence-corrected chi connectivity index (χ4v) is 2.65. The highest BCUT2D eigenvalue weighted by Crippen LogP contribution is 2.29. The summed E-state index contributed by atoms with van der Waals surface area (Å²) in [5, 5.41) is 8.92. The summed E-state index contributed by atoms with van der Waals surface area (Å²) in [5.41, 5.74) is 3.25. The highest BCUT2D eigenvalue weighted by molar-refractivity contribution is 6.42. The molecule has 1 aromatic carbocycles. The molecule has 2 aromatic rings. The van der Waals surface area contributed by atoms with Crippen LogP contribution >= 0.6 is 23.2 Å². The molecule has 5 heteroatoms. The topological polar surface area (TPSA) is 29.9 Å². The van der Waals surface area contributed by atoms with E-state index in [1.807, 2.05) is 44.0 Å². The van der Waals surface area contributed by atoms with E-state index in [2.05, 4.69) is 10.4 Å². The van der Waals surface area contributed by atoms with E-state index in [4.69, 9.17) is 23.2 Å². The van der Waals surface area contributed by atoms with Gasteiger partial charge in [0.2, 0.25) is 0 Å². The Bertz CT molecular complexity index is 578. The molecule has 2 rings (SSSR count). The van der Waals surface area contributed by atoms with Crippen molar-refractivity contribution in [2.24, 2.45) is 7.05 Å². The SMILES string of the molecule is CNC(Cc1cccc(Cl)c1Cl)c1cn(C)nc1C. The molecular formula is C14H17Cl2N3. The molecule has 19 heavy (non-hydrogen) atoms. The molecule has 0 fully saturated rings. The van der Waals surface area contributed by atoms with E-state index in [0.29, 0.717) is 10.0 Å². The Morgan fingerprint density at radius 1 is 1.37 bits per heavy atom. The lowest BCUT2D eigenvalue weighted by Crippen LogP contribution is -2.19.